The van der Waals surface area contributed by atoms with Crippen LogP contribution in [0, 0.1) is 0 Å². The van der Waals surface area contributed by atoms with Gasteiger partial charge >= 0.3 is 6.03 Å². The number of hydrogen-bond acceptors (Lipinski definition) is 3. The Morgan fingerprint density at radius 2 is 1.93 bits per heavy atom. The largest absolute Gasteiger partial charge is 0.333 e. The molecular formula is C10H16N4O. The van der Waals surface area contributed by atoms with Gasteiger partial charge in [0, 0.05) is 12.2 Å². The van der Waals surface area contributed by atoms with Gasteiger partial charge in [-0.2, -0.15) is 0 Å². The normalized spacial score (nSPS) is 10.1. The number of amides is 2. The van der Waals surface area contributed by atoms with Crippen LogP contribution >= 0.6 is 0 Å². The highest BCUT2D eigenvalue weighted by Gasteiger charge is 1.99. The molecule has 0 saturated carbocycles. The molecule has 0 spiro atoms. The molecule has 4 N–H and O–H groups in total. The number of nitrogens with two attached hydrogens (primary N) is 1. The number of benzene rings is 1. The molecular weight excluding hydrogens is 192 g/mol. The van der Waals surface area contributed by atoms with E-state index in [9.17, 15) is 4.79 Å². The van der Waals surface area contributed by atoms with Gasteiger partial charge in [0.1, 0.15) is 0 Å². The molecule has 0 aromatic heterocycles. The molecule has 5 heteroatoms. The highest BCUT2D eigenvalue weighted by Crippen LogP contribution is 2.10. The summed E-state index contributed by atoms with van der Waals surface area (Å²) in [5.74, 6) is 4.95. The van der Waals surface area contributed by atoms with Crippen molar-refractivity contribution in [3.63, 3.8) is 0 Å². The molecule has 0 radical (unpaired) electrons. The summed E-state index contributed by atoms with van der Waals surface area (Å²) in [6.07, 6.45) is 0. The van der Waals surface area contributed by atoms with Crippen LogP contribution in [0.15, 0.2) is 24.3 Å². The molecule has 5 nitrogen and oxygen atoms in total. The van der Waals surface area contributed by atoms with Crippen LogP contribution in [0.5, 0.6) is 0 Å². The molecule has 0 saturated heterocycles. The number of nitrogens with zero attached hydrogens (tertiary/aromatic N) is 1. The Morgan fingerprint density at radius 1 is 1.33 bits per heavy atom. The minimum Gasteiger partial charge on any atom is -0.307 e. The van der Waals surface area contributed by atoms with Crippen molar-refractivity contribution in [1.29, 1.82) is 0 Å². The standard InChI is InChI=1S/C10H16N4O/c1-14(2)7-8-3-5-9(6-4-8)12-10(15)13-11/h3-6H,7,11H2,1-2H3,(H2,12,13,15). The van der Waals surface area contributed by atoms with Gasteiger partial charge in [-0.25, -0.2) is 10.6 Å². The molecule has 0 aliphatic heterocycles. The number of rotatable bonds is 3. The fourth-order valence-electron chi connectivity index (χ4n) is 1.23. The zero-order valence-electron chi connectivity index (χ0n) is 8.95. The monoisotopic (exact) mass is 208 g/mol. The highest BCUT2D eigenvalue weighted by molar-refractivity contribution is 5.88. The van der Waals surface area contributed by atoms with E-state index in [2.05, 4.69) is 10.2 Å². The van der Waals surface area contributed by atoms with E-state index >= 15 is 0 Å². The zero-order chi connectivity index (χ0) is 11.3. The molecule has 0 fully saturated rings. The number of carbonyl (C=O) groups excluding carboxylic acids is 1. The predicted molar refractivity (Wildman–Crippen MR) is 60.2 cm³/mol. The first kappa shape index (κ1) is 11.5. The Kier molecular flexibility index (Phi) is 4.08. The van der Waals surface area contributed by atoms with Gasteiger partial charge in [-0.3, -0.25) is 5.43 Å². The smallest absolute Gasteiger partial charge is 0.307 e. The fraction of sp³-hybridized carbons (Fsp3) is 0.300. The lowest BCUT2D eigenvalue weighted by molar-refractivity contribution is 0.252. The van der Waals surface area contributed by atoms with Crippen LogP contribution in [0.25, 0.3) is 0 Å². The van der Waals surface area contributed by atoms with E-state index in [-0.39, 0.29) is 0 Å². The first-order chi connectivity index (χ1) is 7.11. The maximum atomic E-state index is 10.9. The SMILES string of the molecule is CN(C)Cc1ccc(NC(=O)NN)cc1. The summed E-state index contributed by atoms with van der Waals surface area (Å²) in [6, 6.07) is 7.19. The van der Waals surface area contributed by atoms with E-state index in [1.54, 1.807) is 0 Å². The first-order valence-electron chi connectivity index (χ1n) is 4.63. The van der Waals surface area contributed by atoms with Gasteiger partial charge in [-0.15, -0.1) is 0 Å². The van der Waals surface area contributed by atoms with Crippen molar-refractivity contribution in [3.05, 3.63) is 29.8 Å². The molecule has 2 amide bonds. The topological polar surface area (TPSA) is 70.4 Å². The van der Waals surface area contributed by atoms with Crippen LogP contribution < -0.4 is 16.6 Å². The lowest BCUT2D eigenvalue weighted by Gasteiger charge is -2.10. The third-order valence-corrected chi connectivity index (χ3v) is 1.84. The lowest BCUT2D eigenvalue weighted by Crippen LogP contribution is -2.34. The molecule has 1 aromatic carbocycles. The van der Waals surface area contributed by atoms with Crippen LogP contribution in [-0.2, 0) is 6.54 Å². The van der Waals surface area contributed by atoms with Crippen molar-refractivity contribution < 1.29 is 4.79 Å². The van der Waals surface area contributed by atoms with Crippen molar-refractivity contribution in [3.8, 4) is 0 Å². The van der Waals surface area contributed by atoms with E-state index in [0.717, 1.165) is 12.2 Å². The third kappa shape index (κ3) is 3.97. The second kappa shape index (κ2) is 5.33. The number of hydrogen-bond donors (Lipinski definition) is 3. The Labute approximate surface area is 89.2 Å². The van der Waals surface area contributed by atoms with Crippen molar-refractivity contribution in [2.75, 3.05) is 19.4 Å². The predicted octanol–water partition coefficient (Wildman–Crippen LogP) is 0.743. The van der Waals surface area contributed by atoms with Gasteiger partial charge in [0.2, 0.25) is 0 Å². The molecule has 0 unspecified atom stereocenters. The minimum atomic E-state index is -0.421. The van der Waals surface area contributed by atoms with Gasteiger partial charge in [-0.1, -0.05) is 12.1 Å². The number of nitrogens with one attached hydrogen (secondary N) is 2. The summed E-state index contributed by atoms with van der Waals surface area (Å²) in [5, 5.41) is 2.58. The molecule has 0 bridgehead atoms. The molecule has 82 valence electrons. The zero-order valence-corrected chi connectivity index (χ0v) is 8.95. The first-order valence-corrected chi connectivity index (χ1v) is 4.63. The van der Waals surface area contributed by atoms with Crippen molar-refractivity contribution in [2.45, 2.75) is 6.54 Å². The molecule has 1 aromatic rings. The lowest BCUT2D eigenvalue weighted by atomic mass is 10.2. The van der Waals surface area contributed by atoms with Gasteiger partial charge in [0.05, 0.1) is 0 Å². The maximum absolute atomic E-state index is 10.9. The Bertz CT molecular complexity index is 321. The van der Waals surface area contributed by atoms with Crippen molar-refractivity contribution in [1.82, 2.24) is 10.3 Å². The number of anilines is 1. The van der Waals surface area contributed by atoms with Gasteiger partial charge in [0.25, 0.3) is 0 Å². The van der Waals surface area contributed by atoms with Crippen molar-refractivity contribution in [2.24, 2.45) is 5.84 Å². The molecule has 0 heterocycles. The number of hydrazine groups is 1. The summed E-state index contributed by atoms with van der Waals surface area (Å²) < 4.78 is 0. The van der Waals surface area contributed by atoms with E-state index in [0.29, 0.717) is 0 Å². The van der Waals surface area contributed by atoms with Crippen LogP contribution in [0.4, 0.5) is 10.5 Å². The summed E-state index contributed by atoms with van der Waals surface area (Å²) >= 11 is 0. The van der Waals surface area contributed by atoms with Crippen LogP contribution in [0.2, 0.25) is 0 Å². The Hall–Kier alpha value is -1.59. The Balaban J connectivity index is 2.60. The quantitative estimate of drug-likeness (QED) is 0.390. The maximum Gasteiger partial charge on any atom is 0.333 e. The van der Waals surface area contributed by atoms with E-state index in [1.807, 2.05) is 43.8 Å². The average Bonchev–Trinajstić information content (AvgIpc) is 2.20. The summed E-state index contributed by atoms with van der Waals surface area (Å²) in [4.78, 5) is 13.0. The summed E-state index contributed by atoms with van der Waals surface area (Å²) in [7, 11) is 4.02. The van der Waals surface area contributed by atoms with Crippen molar-refractivity contribution >= 4 is 11.7 Å². The molecule has 0 aliphatic rings. The second-order valence-corrected chi connectivity index (χ2v) is 3.53. The summed E-state index contributed by atoms with van der Waals surface area (Å²) in [5.41, 5.74) is 3.92. The molecule has 15 heavy (non-hydrogen) atoms. The number of carbonyl (C=O) groups is 1. The van der Waals surface area contributed by atoms with Gasteiger partial charge < -0.3 is 10.2 Å². The van der Waals surface area contributed by atoms with E-state index < -0.39 is 6.03 Å². The number of urea groups is 1. The molecule has 1 rings (SSSR count). The highest BCUT2D eigenvalue weighted by atomic mass is 16.2. The Morgan fingerprint density at radius 3 is 2.40 bits per heavy atom. The minimum absolute atomic E-state index is 0.421. The third-order valence-electron chi connectivity index (χ3n) is 1.84. The van der Waals surface area contributed by atoms with Crippen LogP contribution in [0.1, 0.15) is 5.56 Å². The second-order valence-electron chi connectivity index (χ2n) is 3.53. The van der Waals surface area contributed by atoms with E-state index in [4.69, 9.17) is 5.84 Å². The van der Waals surface area contributed by atoms with Gasteiger partial charge in [-0.05, 0) is 31.8 Å². The van der Waals surface area contributed by atoms with Gasteiger partial charge in [0.15, 0.2) is 0 Å². The molecule has 0 atom stereocenters. The summed E-state index contributed by atoms with van der Waals surface area (Å²) in [6.45, 7) is 0.878. The van der Waals surface area contributed by atoms with Crippen LogP contribution in [-0.4, -0.2) is 25.0 Å². The van der Waals surface area contributed by atoms with Crippen LogP contribution in [0.3, 0.4) is 0 Å². The van der Waals surface area contributed by atoms with E-state index in [1.165, 1.54) is 5.56 Å². The average molecular weight is 208 g/mol. The molecule has 0 aliphatic carbocycles. The fourth-order valence-corrected chi connectivity index (χ4v) is 1.23.